The summed E-state index contributed by atoms with van der Waals surface area (Å²) in [5, 5.41) is 0. The third kappa shape index (κ3) is 2.25. The maximum atomic E-state index is 12.1. The molecule has 2 heterocycles. The highest BCUT2D eigenvalue weighted by Gasteiger charge is 2.25. The van der Waals surface area contributed by atoms with Gasteiger partial charge in [-0.1, -0.05) is 13.8 Å². The van der Waals surface area contributed by atoms with Crippen molar-refractivity contribution in [2.45, 2.75) is 26.8 Å². The Morgan fingerprint density at radius 3 is 2.76 bits per heavy atom. The van der Waals surface area contributed by atoms with Crippen LogP contribution in [0.15, 0.2) is 12.1 Å². The number of aromatic nitrogens is 1. The normalized spacial score (nSPS) is 15.2. The van der Waals surface area contributed by atoms with Crippen molar-refractivity contribution in [2.24, 2.45) is 5.92 Å². The van der Waals surface area contributed by atoms with Gasteiger partial charge in [0.25, 0.3) is 5.91 Å². The van der Waals surface area contributed by atoms with Gasteiger partial charge in [-0.2, -0.15) is 0 Å². The Hall–Kier alpha value is -1.58. The smallest absolute Gasteiger partial charge is 0.270 e. The van der Waals surface area contributed by atoms with E-state index in [1.165, 1.54) is 0 Å². The predicted octanol–water partition coefficient (Wildman–Crippen LogP) is 1.80. The molecule has 1 aromatic heterocycles. The van der Waals surface area contributed by atoms with E-state index in [0.29, 0.717) is 23.9 Å². The van der Waals surface area contributed by atoms with Crippen molar-refractivity contribution in [3.8, 4) is 0 Å². The first-order chi connectivity index (χ1) is 8.13. The Bertz CT molecular complexity index is 435. The van der Waals surface area contributed by atoms with Gasteiger partial charge in [-0.05, 0) is 24.5 Å². The molecule has 1 aliphatic heterocycles. The van der Waals surface area contributed by atoms with Crippen LogP contribution in [-0.4, -0.2) is 34.7 Å². The Morgan fingerprint density at radius 1 is 1.35 bits per heavy atom. The molecule has 4 nitrogen and oxygen atoms in total. The Morgan fingerprint density at radius 2 is 2.12 bits per heavy atom. The van der Waals surface area contributed by atoms with E-state index in [1.54, 1.807) is 16.7 Å². The molecule has 0 spiro atoms. The van der Waals surface area contributed by atoms with Gasteiger partial charge in [0.15, 0.2) is 6.29 Å². The molecule has 0 radical (unpaired) electrons. The molecule has 0 bridgehead atoms. The molecule has 0 fully saturated rings. The monoisotopic (exact) mass is 234 g/mol. The largest absolute Gasteiger partial charge is 0.336 e. The van der Waals surface area contributed by atoms with Gasteiger partial charge in [0.1, 0.15) is 5.69 Å². The van der Waals surface area contributed by atoms with Gasteiger partial charge in [-0.15, -0.1) is 0 Å². The quantitative estimate of drug-likeness (QED) is 0.745. The molecule has 4 heteroatoms. The van der Waals surface area contributed by atoms with E-state index >= 15 is 0 Å². The number of carbonyl (C=O) groups excluding carboxylic acids is 2. The number of nitrogens with zero attached hydrogens (tertiary/aromatic N) is 2. The molecular weight excluding hydrogens is 216 g/mol. The van der Waals surface area contributed by atoms with Crippen LogP contribution < -0.4 is 0 Å². The molecule has 0 saturated carbocycles. The van der Waals surface area contributed by atoms with Crippen LogP contribution in [0, 0.1) is 5.92 Å². The molecule has 0 aromatic carbocycles. The number of rotatable bonds is 4. The zero-order chi connectivity index (χ0) is 12.4. The summed E-state index contributed by atoms with van der Waals surface area (Å²) in [6.45, 7) is 6.54. The van der Waals surface area contributed by atoms with Gasteiger partial charge in [-0.3, -0.25) is 9.59 Å². The van der Waals surface area contributed by atoms with Gasteiger partial charge < -0.3 is 9.47 Å². The van der Waals surface area contributed by atoms with Crippen LogP contribution in [0.2, 0.25) is 0 Å². The van der Waals surface area contributed by atoms with E-state index in [1.807, 2.05) is 4.90 Å². The second-order valence-corrected chi connectivity index (χ2v) is 4.89. The predicted molar refractivity (Wildman–Crippen MR) is 65.2 cm³/mol. The van der Waals surface area contributed by atoms with Crippen LogP contribution in [0.4, 0.5) is 0 Å². The molecule has 1 aromatic rings. The van der Waals surface area contributed by atoms with Crippen molar-refractivity contribution in [1.29, 1.82) is 0 Å². The van der Waals surface area contributed by atoms with Crippen molar-refractivity contribution < 1.29 is 9.59 Å². The van der Waals surface area contributed by atoms with Crippen LogP contribution in [0.1, 0.15) is 41.2 Å². The average molecular weight is 234 g/mol. The molecule has 1 amide bonds. The lowest BCUT2D eigenvalue weighted by Crippen LogP contribution is -2.41. The molecule has 0 atom stereocenters. The lowest BCUT2D eigenvalue weighted by Gasteiger charge is -2.29. The number of hydrogen-bond acceptors (Lipinski definition) is 2. The van der Waals surface area contributed by atoms with E-state index in [0.717, 1.165) is 25.8 Å². The summed E-state index contributed by atoms with van der Waals surface area (Å²) in [6, 6.07) is 3.46. The summed E-state index contributed by atoms with van der Waals surface area (Å²) in [5.41, 5.74) is 1.24. The minimum Gasteiger partial charge on any atom is -0.336 e. The summed E-state index contributed by atoms with van der Waals surface area (Å²) < 4.78 is 1.81. The first-order valence-electron chi connectivity index (χ1n) is 6.07. The highest BCUT2D eigenvalue weighted by Crippen LogP contribution is 2.17. The number of hydrogen-bond donors (Lipinski definition) is 0. The van der Waals surface area contributed by atoms with Crippen molar-refractivity contribution in [1.82, 2.24) is 9.47 Å². The Kier molecular flexibility index (Phi) is 3.31. The summed E-state index contributed by atoms with van der Waals surface area (Å²) >= 11 is 0. The van der Waals surface area contributed by atoms with E-state index in [-0.39, 0.29) is 5.91 Å². The standard InChI is InChI=1S/C13H18N2O2/c1-10(2)5-6-14-7-8-15-11(9-16)3-4-12(15)13(14)17/h3-4,9-10H,5-8H2,1-2H3. The van der Waals surface area contributed by atoms with Gasteiger partial charge in [-0.25, -0.2) is 0 Å². The molecule has 2 rings (SSSR count). The fourth-order valence-electron chi connectivity index (χ4n) is 2.13. The summed E-state index contributed by atoms with van der Waals surface area (Å²) in [4.78, 5) is 24.8. The van der Waals surface area contributed by atoms with Crippen molar-refractivity contribution in [3.05, 3.63) is 23.5 Å². The minimum absolute atomic E-state index is 0.0463. The molecule has 0 saturated heterocycles. The minimum atomic E-state index is 0.0463. The SMILES string of the molecule is CC(C)CCN1CCn2c(C=O)ccc2C1=O. The highest BCUT2D eigenvalue weighted by molar-refractivity contribution is 5.94. The van der Waals surface area contributed by atoms with Crippen LogP contribution in [-0.2, 0) is 6.54 Å². The third-order valence-electron chi connectivity index (χ3n) is 3.21. The zero-order valence-corrected chi connectivity index (χ0v) is 10.3. The number of fused-ring (bicyclic) bond motifs is 1. The molecule has 17 heavy (non-hydrogen) atoms. The van der Waals surface area contributed by atoms with E-state index in [4.69, 9.17) is 0 Å². The Balaban J connectivity index is 2.13. The van der Waals surface area contributed by atoms with Crippen molar-refractivity contribution in [2.75, 3.05) is 13.1 Å². The van der Waals surface area contributed by atoms with Crippen LogP contribution in [0.5, 0.6) is 0 Å². The van der Waals surface area contributed by atoms with Crippen molar-refractivity contribution >= 4 is 12.2 Å². The molecule has 0 N–H and O–H groups in total. The van der Waals surface area contributed by atoms with Crippen LogP contribution in [0.25, 0.3) is 0 Å². The van der Waals surface area contributed by atoms with Gasteiger partial charge in [0.05, 0.1) is 5.69 Å². The topological polar surface area (TPSA) is 42.3 Å². The maximum Gasteiger partial charge on any atom is 0.270 e. The highest BCUT2D eigenvalue weighted by atomic mass is 16.2. The maximum absolute atomic E-state index is 12.1. The fraction of sp³-hybridized carbons (Fsp3) is 0.538. The second-order valence-electron chi connectivity index (χ2n) is 4.89. The molecule has 0 aliphatic carbocycles. The second kappa shape index (κ2) is 4.73. The summed E-state index contributed by atoms with van der Waals surface area (Å²) in [5.74, 6) is 0.645. The molecule has 92 valence electrons. The van der Waals surface area contributed by atoms with Gasteiger partial charge in [0.2, 0.25) is 0 Å². The lowest BCUT2D eigenvalue weighted by molar-refractivity contribution is 0.0696. The number of aldehydes is 1. The van der Waals surface area contributed by atoms with Crippen molar-refractivity contribution in [3.63, 3.8) is 0 Å². The van der Waals surface area contributed by atoms with Crippen LogP contribution >= 0.6 is 0 Å². The van der Waals surface area contributed by atoms with Crippen LogP contribution in [0.3, 0.4) is 0 Å². The molecule has 1 aliphatic rings. The first-order valence-corrected chi connectivity index (χ1v) is 6.07. The Labute approximate surface area is 101 Å². The average Bonchev–Trinajstić information content (AvgIpc) is 2.71. The van der Waals surface area contributed by atoms with E-state index in [2.05, 4.69) is 13.8 Å². The summed E-state index contributed by atoms with van der Waals surface area (Å²) in [6.07, 6.45) is 1.83. The molecular formula is C13H18N2O2. The number of carbonyl (C=O) groups is 2. The zero-order valence-electron chi connectivity index (χ0n) is 10.3. The fourth-order valence-corrected chi connectivity index (χ4v) is 2.13. The van der Waals surface area contributed by atoms with E-state index < -0.39 is 0 Å². The number of amides is 1. The van der Waals surface area contributed by atoms with E-state index in [9.17, 15) is 9.59 Å². The summed E-state index contributed by atoms with van der Waals surface area (Å²) in [7, 11) is 0. The third-order valence-corrected chi connectivity index (χ3v) is 3.21. The van der Waals surface area contributed by atoms with Gasteiger partial charge in [0, 0.05) is 19.6 Å². The van der Waals surface area contributed by atoms with Gasteiger partial charge >= 0.3 is 0 Å². The lowest BCUT2D eigenvalue weighted by atomic mass is 10.1. The molecule has 0 unspecified atom stereocenters. The first kappa shape index (κ1) is 11.9.